The molecular weight excluding hydrogens is 347 g/mol. The molecule has 2 aromatic carbocycles. The van der Waals surface area contributed by atoms with Gasteiger partial charge in [-0.25, -0.2) is 4.39 Å². The highest BCUT2D eigenvalue weighted by Crippen LogP contribution is 2.20. The van der Waals surface area contributed by atoms with E-state index in [1.807, 2.05) is 0 Å². The van der Waals surface area contributed by atoms with Gasteiger partial charge < -0.3 is 5.32 Å². The van der Waals surface area contributed by atoms with E-state index >= 15 is 0 Å². The van der Waals surface area contributed by atoms with Crippen LogP contribution in [0.1, 0.15) is 24.5 Å². The first-order valence-electron chi connectivity index (χ1n) is 9.08. The Kier molecular flexibility index (Phi) is 6.69. The highest BCUT2D eigenvalue weighted by Gasteiger charge is 2.20. The lowest BCUT2D eigenvalue weighted by Gasteiger charge is -2.33. The normalized spacial score (nSPS) is 15.3. The van der Waals surface area contributed by atoms with Crippen LogP contribution in [0.5, 0.6) is 0 Å². The van der Waals surface area contributed by atoms with E-state index in [1.54, 1.807) is 23.9 Å². The molecule has 5 heteroatoms. The van der Waals surface area contributed by atoms with Crippen molar-refractivity contribution in [3.8, 4) is 0 Å². The highest BCUT2D eigenvalue weighted by atomic mass is 32.2. The molecule has 0 saturated carbocycles. The predicted octanol–water partition coefficient (Wildman–Crippen LogP) is 3.87. The van der Waals surface area contributed by atoms with E-state index in [-0.39, 0.29) is 11.7 Å². The maximum atomic E-state index is 12.9. The Bertz CT molecular complexity index is 735. The number of fused-ring (bicyclic) bond motifs is 1. The molecule has 1 aliphatic heterocycles. The number of thioether (sulfide) groups is 1. The van der Waals surface area contributed by atoms with Crippen LogP contribution in [0.4, 0.5) is 4.39 Å². The van der Waals surface area contributed by atoms with Crippen LogP contribution in [-0.2, 0) is 17.8 Å². The smallest absolute Gasteiger partial charge is 0.220 e. The van der Waals surface area contributed by atoms with Crippen molar-refractivity contribution in [3.05, 3.63) is 65.5 Å². The molecular formula is C21H25FN2OS. The zero-order valence-corrected chi connectivity index (χ0v) is 15.9. The van der Waals surface area contributed by atoms with Gasteiger partial charge in [0.2, 0.25) is 5.91 Å². The molecule has 1 heterocycles. The molecule has 3 rings (SSSR count). The van der Waals surface area contributed by atoms with Crippen molar-refractivity contribution < 1.29 is 9.18 Å². The van der Waals surface area contributed by atoms with Crippen LogP contribution in [0.15, 0.2) is 53.4 Å². The van der Waals surface area contributed by atoms with Crippen LogP contribution < -0.4 is 5.32 Å². The van der Waals surface area contributed by atoms with Gasteiger partial charge in [-0.15, -0.1) is 11.8 Å². The van der Waals surface area contributed by atoms with Gasteiger partial charge in [-0.2, -0.15) is 0 Å². The maximum absolute atomic E-state index is 12.9. The van der Waals surface area contributed by atoms with Gasteiger partial charge in [0.25, 0.3) is 0 Å². The number of hydrogen-bond donors (Lipinski definition) is 1. The van der Waals surface area contributed by atoms with Gasteiger partial charge in [-0.1, -0.05) is 24.3 Å². The number of carbonyl (C=O) groups is 1. The zero-order chi connectivity index (χ0) is 18.4. The molecule has 1 N–H and O–H groups in total. The van der Waals surface area contributed by atoms with E-state index in [0.29, 0.717) is 24.8 Å². The predicted molar refractivity (Wildman–Crippen MR) is 105 cm³/mol. The summed E-state index contributed by atoms with van der Waals surface area (Å²) < 4.78 is 12.9. The molecule has 138 valence electrons. The van der Waals surface area contributed by atoms with Gasteiger partial charge in [0, 0.05) is 42.7 Å². The third kappa shape index (κ3) is 5.32. The van der Waals surface area contributed by atoms with Gasteiger partial charge in [0.15, 0.2) is 0 Å². The lowest BCUT2D eigenvalue weighted by atomic mass is 9.99. The first kappa shape index (κ1) is 18.9. The van der Waals surface area contributed by atoms with E-state index < -0.39 is 0 Å². The summed E-state index contributed by atoms with van der Waals surface area (Å²) in [6, 6.07) is 15.3. The van der Waals surface area contributed by atoms with Gasteiger partial charge in [-0.3, -0.25) is 9.69 Å². The summed E-state index contributed by atoms with van der Waals surface area (Å²) in [6.07, 6.45) is 1.54. The fraction of sp³-hybridized carbons (Fsp3) is 0.381. The number of hydrogen-bond acceptors (Lipinski definition) is 3. The Balaban J connectivity index is 1.37. The summed E-state index contributed by atoms with van der Waals surface area (Å²) in [4.78, 5) is 15.5. The fourth-order valence-electron chi connectivity index (χ4n) is 3.17. The standard InChI is InChI=1S/C21H25FN2OS/c1-16(24-12-10-17-4-2-3-5-18(17)15-24)14-23-21(25)11-13-26-20-8-6-19(22)7-9-20/h2-9,16H,10-15H2,1H3,(H,23,25). The van der Waals surface area contributed by atoms with E-state index in [0.717, 1.165) is 24.4 Å². The summed E-state index contributed by atoms with van der Waals surface area (Å²) in [5.74, 6) is 0.536. The Morgan fingerprint density at radius 2 is 1.92 bits per heavy atom. The summed E-state index contributed by atoms with van der Waals surface area (Å²) in [5, 5.41) is 3.05. The number of rotatable bonds is 7. The number of carbonyl (C=O) groups excluding carboxylic acids is 1. The van der Waals surface area contributed by atoms with Crippen molar-refractivity contribution in [3.63, 3.8) is 0 Å². The molecule has 0 spiro atoms. The van der Waals surface area contributed by atoms with E-state index in [1.165, 1.54) is 23.3 Å². The Hall–Kier alpha value is -1.85. The first-order chi connectivity index (χ1) is 12.6. The van der Waals surface area contributed by atoms with E-state index in [9.17, 15) is 9.18 Å². The van der Waals surface area contributed by atoms with Crippen molar-refractivity contribution in [1.82, 2.24) is 10.2 Å². The van der Waals surface area contributed by atoms with Gasteiger partial charge >= 0.3 is 0 Å². The van der Waals surface area contributed by atoms with Crippen molar-refractivity contribution in [1.29, 1.82) is 0 Å². The van der Waals surface area contributed by atoms with Crippen molar-refractivity contribution in [2.24, 2.45) is 0 Å². The number of nitrogens with zero attached hydrogens (tertiary/aromatic N) is 1. The molecule has 1 unspecified atom stereocenters. The average Bonchev–Trinajstić information content (AvgIpc) is 2.67. The van der Waals surface area contributed by atoms with Crippen molar-refractivity contribution in [2.75, 3.05) is 18.8 Å². The number of benzene rings is 2. The lowest BCUT2D eigenvalue weighted by Crippen LogP contribution is -2.44. The average molecular weight is 373 g/mol. The minimum absolute atomic E-state index is 0.0730. The molecule has 3 nitrogen and oxygen atoms in total. The van der Waals surface area contributed by atoms with Crippen LogP contribution in [0.3, 0.4) is 0 Å². The van der Waals surface area contributed by atoms with Gasteiger partial charge in [0.05, 0.1) is 0 Å². The Morgan fingerprint density at radius 3 is 2.69 bits per heavy atom. The second-order valence-corrected chi connectivity index (χ2v) is 7.86. The third-order valence-corrected chi connectivity index (χ3v) is 5.80. The molecule has 0 radical (unpaired) electrons. The quantitative estimate of drug-likeness (QED) is 0.749. The van der Waals surface area contributed by atoms with Crippen LogP contribution in [0.25, 0.3) is 0 Å². The molecule has 0 bridgehead atoms. The maximum Gasteiger partial charge on any atom is 0.220 e. The third-order valence-electron chi connectivity index (χ3n) is 4.79. The molecule has 0 aliphatic carbocycles. The van der Waals surface area contributed by atoms with Gasteiger partial charge in [-0.05, 0) is 48.7 Å². The fourth-order valence-corrected chi connectivity index (χ4v) is 4.02. The highest BCUT2D eigenvalue weighted by molar-refractivity contribution is 7.99. The van der Waals surface area contributed by atoms with Gasteiger partial charge in [0.1, 0.15) is 5.82 Å². The number of nitrogens with one attached hydrogen (secondary N) is 1. The molecule has 0 aromatic heterocycles. The van der Waals surface area contributed by atoms with Crippen molar-refractivity contribution >= 4 is 17.7 Å². The molecule has 2 aromatic rings. The molecule has 1 aliphatic rings. The van der Waals surface area contributed by atoms with Crippen LogP contribution in [0, 0.1) is 5.82 Å². The van der Waals surface area contributed by atoms with Crippen molar-refractivity contribution in [2.45, 2.75) is 37.2 Å². The van der Waals surface area contributed by atoms with Crippen LogP contribution in [-0.4, -0.2) is 35.7 Å². The summed E-state index contributed by atoms with van der Waals surface area (Å²) in [7, 11) is 0. The second-order valence-electron chi connectivity index (χ2n) is 6.69. The second kappa shape index (κ2) is 9.19. The van der Waals surface area contributed by atoms with E-state index in [2.05, 4.69) is 41.4 Å². The summed E-state index contributed by atoms with van der Waals surface area (Å²) in [5.41, 5.74) is 2.84. The molecule has 26 heavy (non-hydrogen) atoms. The Morgan fingerprint density at radius 1 is 1.19 bits per heavy atom. The van der Waals surface area contributed by atoms with Crippen LogP contribution in [0.2, 0.25) is 0 Å². The first-order valence-corrected chi connectivity index (χ1v) is 10.1. The molecule has 0 saturated heterocycles. The lowest BCUT2D eigenvalue weighted by molar-refractivity contribution is -0.120. The molecule has 0 fully saturated rings. The minimum Gasteiger partial charge on any atom is -0.355 e. The number of halogens is 1. The minimum atomic E-state index is -0.235. The number of amides is 1. The summed E-state index contributed by atoms with van der Waals surface area (Å²) in [6.45, 7) is 4.83. The molecule has 1 amide bonds. The zero-order valence-electron chi connectivity index (χ0n) is 15.1. The largest absolute Gasteiger partial charge is 0.355 e. The summed E-state index contributed by atoms with van der Waals surface area (Å²) >= 11 is 1.57. The SMILES string of the molecule is CC(CNC(=O)CCSc1ccc(F)cc1)N1CCc2ccccc2C1. The Labute approximate surface area is 159 Å². The topological polar surface area (TPSA) is 32.3 Å². The monoisotopic (exact) mass is 372 g/mol. The van der Waals surface area contributed by atoms with Crippen LogP contribution >= 0.6 is 11.8 Å². The molecule has 1 atom stereocenters. The van der Waals surface area contributed by atoms with E-state index in [4.69, 9.17) is 0 Å².